The average Bonchev–Trinajstić information content (AvgIpc) is 2.62. The van der Waals surface area contributed by atoms with Crippen molar-refractivity contribution >= 4 is 33.3 Å². The monoisotopic (exact) mass is 389 g/mol. The van der Waals surface area contributed by atoms with E-state index in [-0.39, 0.29) is 6.03 Å². The van der Waals surface area contributed by atoms with Crippen molar-refractivity contribution in [2.24, 2.45) is 0 Å². The Morgan fingerprint density at radius 1 is 1.08 bits per heavy atom. The first-order valence-electron chi connectivity index (χ1n) is 7.94. The van der Waals surface area contributed by atoms with Gasteiger partial charge in [0, 0.05) is 24.1 Å². The lowest BCUT2D eigenvalue weighted by molar-refractivity contribution is 0.123. The number of urea groups is 1. The Kier molecular flexibility index (Phi) is 5.72. The highest BCUT2D eigenvalue weighted by atomic mass is 79.9. The SMILES string of the molecule is O=C(NCc1ccccc1Br)Nc1ccccc1N1CCOCC1. The summed E-state index contributed by atoms with van der Waals surface area (Å²) in [5.41, 5.74) is 2.87. The number of carbonyl (C=O) groups excluding carboxylic acids is 1. The molecule has 0 spiro atoms. The van der Waals surface area contributed by atoms with Crippen molar-refractivity contribution in [3.05, 3.63) is 58.6 Å². The summed E-state index contributed by atoms with van der Waals surface area (Å²) in [5.74, 6) is 0. The third-order valence-electron chi connectivity index (χ3n) is 3.90. The molecule has 2 amide bonds. The summed E-state index contributed by atoms with van der Waals surface area (Å²) in [7, 11) is 0. The lowest BCUT2D eigenvalue weighted by atomic mass is 10.2. The number of nitrogens with zero attached hydrogens (tertiary/aromatic N) is 1. The number of anilines is 2. The van der Waals surface area contributed by atoms with E-state index in [1.165, 1.54) is 0 Å². The number of hydrogen-bond donors (Lipinski definition) is 2. The van der Waals surface area contributed by atoms with E-state index in [0.717, 1.165) is 34.5 Å². The lowest BCUT2D eigenvalue weighted by Gasteiger charge is -2.30. The van der Waals surface area contributed by atoms with Gasteiger partial charge in [0.15, 0.2) is 0 Å². The molecule has 2 aromatic rings. The highest BCUT2D eigenvalue weighted by molar-refractivity contribution is 9.10. The van der Waals surface area contributed by atoms with Crippen LogP contribution in [0.1, 0.15) is 5.56 Å². The van der Waals surface area contributed by atoms with E-state index in [9.17, 15) is 4.79 Å². The van der Waals surface area contributed by atoms with Gasteiger partial charge >= 0.3 is 6.03 Å². The summed E-state index contributed by atoms with van der Waals surface area (Å²) in [6, 6.07) is 15.5. The minimum Gasteiger partial charge on any atom is -0.378 e. The van der Waals surface area contributed by atoms with Gasteiger partial charge in [0.05, 0.1) is 24.6 Å². The van der Waals surface area contributed by atoms with Crippen molar-refractivity contribution in [3.63, 3.8) is 0 Å². The van der Waals surface area contributed by atoms with Crippen LogP contribution < -0.4 is 15.5 Å². The van der Waals surface area contributed by atoms with E-state index < -0.39 is 0 Å². The number of morpholine rings is 1. The number of halogens is 1. The molecule has 1 aliphatic heterocycles. The zero-order chi connectivity index (χ0) is 16.8. The summed E-state index contributed by atoms with van der Waals surface area (Å²) in [6.45, 7) is 3.55. The number of rotatable bonds is 4. The van der Waals surface area contributed by atoms with Gasteiger partial charge in [-0.2, -0.15) is 0 Å². The second-order valence-corrected chi connectivity index (χ2v) is 6.37. The van der Waals surface area contributed by atoms with Crippen LogP contribution in [-0.2, 0) is 11.3 Å². The number of amides is 2. The molecule has 0 atom stereocenters. The average molecular weight is 390 g/mol. The fourth-order valence-corrected chi connectivity index (χ4v) is 3.07. The first-order valence-corrected chi connectivity index (χ1v) is 8.73. The quantitative estimate of drug-likeness (QED) is 0.839. The van der Waals surface area contributed by atoms with E-state index >= 15 is 0 Å². The number of para-hydroxylation sites is 2. The molecule has 24 heavy (non-hydrogen) atoms. The largest absolute Gasteiger partial charge is 0.378 e. The Labute approximate surface area is 150 Å². The van der Waals surface area contributed by atoms with Crippen LogP contribution in [0, 0.1) is 0 Å². The molecule has 0 unspecified atom stereocenters. The molecule has 0 aliphatic carbocycles. The van der Waals surface area contributed by atoms with Crippen LogP contribution in [0.4, 0.5) is 16.2 Å². The van der Waals surface area contributed by atoms with Crippen LogP contribution >= 0.6 is 15.9 Å². The molecule has 1 saturated heterocycles. The Morgan fingerprint density at radius 2 is 1.79 bits per heavy atom. The molecular weight excluding hydrogens is 370 g/mol. The van der Waals surface area contributed by atoms with Gasteiger partial charge in [-0.1, -0.05) is 46.3 Å². The number of carbonyl (C=O) groups is 1. The molecule has 0 aromatic heterocycles. The van der Waals surface area contributed by atoms with Gasteiger partial charge in [0.1, 0.15) is 0 Å². The fourth-order valence-electron chi connectivity index (χ4n) is 2.64. The highest BCUT2D eigenvalue weighted by Crippen LogP contribution is 2.26. The molecule has 2 N–H and O–H groups in total. The fraction of sp³-hybridized carbons (Fsp3) is 0.278. The molecule has 0 saturated carbocycles. The van der Waals surface area contributed by atoms with Gasteiger partial charge in [-0.15, -0.1) is 0 Å². The van der Waals surface area contributed by atoms with Crippen molar-refractivity contribution < 1.29 is 9.53 Å². The van der Waals surface area contributed by atoms with Gasteiger partial charge in [0.25, 0.3) is 0 Å². The molecule has 1 aliphatic rings. The molecule has 0 radical (unpaired) electrons. The van der Waals surface area contributed by atoms with Crippen LogP contribution in [0.2, 0.25) is 0 Å². The molecule has 1 heterocycles. The summed E-state index contributed by atoms with van der Waals surface area (Å²) >= 11 is 3.49. The van der Waals surface area contributed by atoms with E-state index in [1.807, 2.05) is 48.5 Å². The third kappa shape index (κ3) is 4.27. The maximum Gasteiger partial charge on any atom is 0.319 e. The molecule has 6 heteroatoms. The topological polar surface area (TPSA) is 53.6 Å². The van der Waals surface area contributed by atoms with E-state index in [2.05, 4.69) is 31.5 Å². The second kappa shape index (κ2) is 8.17. The first kappa shape index (κ1) is 16.8. The summed E-state index contributed by atoms with van der Waals surface area (Å²) in [5, 5.41) is 5.84. The molecule has 2 aromatic carbocycles. The Bertz CT molecular complexity index is 702. The molecule has 3 rings (SSSR count). The Hall–Kier alpha value is -2.05. The maximum atomic E-state index is 12.3. The second-order valence-electron chi connectivity index (χ2n) is 5.52. The summed E-state index contributed by atoms with van der Waals surface area (Å²) in [4.78, 5) is 14.5. The lowest BCUT2D eigenvalue weighted by Crippen LogP contribution is -2.37. The smallest absolute Gasteiger partial charge is 0.319 e. The highest BCUT2D eigenvalue weighted by Gasteiger charge is 2.15. The normalized spacial score (nSPS) is 14.3. The number of benzene rings is 2. The van der Waals surface area contributed by atoms with Gasteiger partial charge in [0.2, 0.25) is 0 Å². The number of hydrogen-bond acceptors (Lipinski definition) is 3. The molecule has 5 nitrogen and oxygen atoms in total. The number of nitrogens with one attached hydrogen (secondary N) is 2. The Morgan fingerprint density at radius 3 is 2.58 bits per heavy atom. The van der Waals surface area contributed by atoms with E-state index in [1.54, 1.807) is 0 Å². The Balaban J connectivity index is 1.63. The summed E-state index contributed by atoms with van der Waals surface area (Å²) < 4.78 is 6.38. The predicted molar refractivity (Wildman–Crippen MR) is 99.5 cm³/mol. The zero-order valence-corrected chi connectivity index (χ0v) is 14.9. The van der Waals surface area contributed by atoms with Crippen LogP contribution in [0.3, 0.4) is 0 Å². The molecule has 126 valence electrons. The van der Waals surface area contributed by atoms with Gasteiger partial charge in [-0.3, -0.25) is 0 Å². The van der Waals surface area contributed by atoms with Crippen LogP contribution in [0.25, 0.3) is 0 Å². The van der Waals surface area contributed by atoms with Crippen LogP contribution in [0.5, 0.6) is 0 Å². The standard InChI is InChI=1S/C18H20BrN3O2/c19-15-6-2-1-5-14(15)13-20-18(23)21-16-7-3-4-8-17(16)22-9-11-24-12-10-22/h1-8H,9-13H2,(H2,20,21,23). The summed E-state index contributed by atoms with van der Waals surface area (Å²) in [6.07, 6.45) is 0. The maximum absolute atomic E-state index is 12.3. The van der Waals surface area contributed by atoms with Crippen molar-refractivity contribution in [1.29, 1.82) is 0 Å². The number of ether oxygens (including phenoxy) is 1. The molecular formula is C18H20BrN3O2. The van der Waals surface area contributed by atoms with Crippen LogP contribution in [0.15, 0.2) is 53.0 Å². The minimum absolute atomic E-state index is 0.216. The van der Waals surface area contributed by atoms with Crippen molar-refractivity contribution in [2.75, 3.05) is 36.5 Å². The molecule has 1 fully saturated rings. The first-order chi connectivity index (χ1) is 11.7. The van der Waals surface area contributed by atoms with Crippen molar-refractivity contribution in [3.8, 4) is 0 Å². The molecule has 0 bridgehead atoms. The van der Waals surface area contributed by atoms with Gasteiger partial charge in [-0.05, 0) is 23.8 Å². The van der Waals surface area contributed by atoms with E-state index in [4.69, 9.17) is 4.74 Å². The zero-order valence-electron chi connectivity index (χ0n) is 13.3. The third-order valence-corrected chi connectivity index (χ3v) is 4.67. The van der Waals surface area contributed by atoms with Crippen molar-refractivity contribution in [1.82, 2.24) is 5.32 Å². The predicted octanol–water partition coefficient (Wildman–Crippen LogP) is 3.61. The van der Waals surface area contributed by atoms with E-state index in [0.29, 0.717) is 19.8 Å². The minimum atomic E-state index is -0.216. The van der Waals surface area contributed by atoms with Gasteiger partial charge in [-0.25, -0.2) is 4.79 Å². The van der Waals surface area contributed by atoms with Crippen LogP contribution in [-0.4, -0.2) is 32.3 Å². The van der Waals surface area contributed by atoms with Crippen molar-refractivity contribution in [2.45, 2.75) is 6.54 Å². The van der Waals surface area contributed by atoms with Gasteiger partial charge < -0.3 is 20.3 Å².